The largest absolute Gasteiger partial charge is 0.497 e. The molecule has 6 nitrogen and oxygen atoms in total. The highest BCUT2D eigenvalue weighted by Crippen LogP contribution is 2.37. The van der Waals surface area contributed by atoms with Crippen LogP contribution in [-0.2, 0) is 9.59 Å². The molecule has 0 radical (unpaired) electrons. The van der Waals surface area contributed by atoms with Crippen LogP contribution < -0.4 is 19.7 Å². The molecule has 1 aliphatic rings. The van der Waals surface area contributed by atoms with Crippen LogP contribution in [0.3, 0.4) is 0 Å². The number of hydrogen-bond donors (Lipinski definition) is 1. The second-order valence-corrected chi connectivity index (χ2v) is 7.78. The Morgan fingerprint density at radius 3 is 2.36 bits per heavy atom. The zero-order valence-corrected chi connectivity index (χ0v) is 19.1. The lowest BCUT2D eigenvalue weighted by molar-refractivity contribution is -0.120. The van der Waals surface area contributed by atoms with Gasteiger partial charge in [0.05, 0.1) is 30.0 Å². The minimum atomic E-state index is -0.487. The van der Waals surface area contributed by atoms with Gasteiger partial charge in [0, 0.05) is 11.8 Å². The molecule has 0 saturated carbocycles. The average molecular weight is 463 g/mol. The van der Waals surface area contributed by atoms with Gasteiger partial charge in [0.1, 0.15) is 17.2 Å². The Hall–Kier alpha value is -3.77. The third kappa shape index (κ3) is 4.56. The Balaban J connectivity index is 1.77. The number of carbonyl (C=O) groups excluding carboxylic acids is 2. The van der Waals surface area contributed by atoms with Crippen molar-refractivity contribution in [3.63, 3.8) is 0 Å². The number of nitrogens with one attached hydrogen (secondary N) is 1. The number of methoxy groups -OCH3 is 1. The van der Waals surface area contributed by atoms with Crippen LogP contribution in [0.2, 0.25) is 5.02 Å². The van der Waals surface area contributed by atoms with E-state index in [1.165, 1.54) is 0 Å². The molecule has 4 rings (SSSR count). The van der Waals surface area contributed by atoms with Crippen molar-refractivity contribution in [1.29, 1.82) is 0 Å². The van der Waals surface area contributed by atoms with Gasteiger partial charge in [0.25, 0.3) is 11.8 Å². The summed E-state index contributed by atoms with van der Waals surface area (Å²) in [5, 5.41) is 3.46. The van der Waals surface area contributed by atoms with Crippen molar-refractivity contribution in [2.75, 3.05) is 23.9 Å². The summed E-state index contributed by atoms with van der Waals surface area (Å²) in [5.74, 6) is 0.375. The predicted octanol–water partition coefficient (Wildman–Crippen LogP) is 5.53. The molecule has 168 valence electrons. The van der Waals surface area contributed by atoms with Gasteiger partial charge >= 0.3 is 0 Å². The van der Waals surface area contributed by atoms with Crippen LogP contribution >= 0.6 is 11.6 Å². The molecule has 7 heteroatoms. The van der Waals surface area contributed by atoms with Crippen LogP contribution in [0, 0.1) is 0 Å². The van der Waals surface area contributed by atoms with Crippen LogP contribution in [0.25, 0.3) is 5.57 Å². The minimum Gasteiger partial charge on any atom is -0.497 e. The van der Waals surface area contributed by atoms with Crippen molar-refractivity contribution in [2.45, 2.75) is 13.3 Å². The molecule has 1 N–H and O–H groups in total. The molecule has 33 heavy (non-hydrogen) atoms. The molecule has 0 unspecified atom stereocenters. The molecule has 3 aromatic carbocycles. The van der Waals surface area contributed by atoms with Crippen LogP contribution in [0.1, 0.15) is 18.9 Å². The topological polar surface area (TPSA) is 67.9 Å². The number of carbonyl (C=O) groups is 2. The lowest BCUT2D eigenvalue weighted by Gasteiger charge is -2.17. The van der Waals surface area contributed by atoms with E-state index in [1.54, 1.807) is 61.7 Å². The fourth-order valence-electron chi connectivity index (χ4n) is 3.55. The fourth-order valence-corrected chi connectivity index (χ4v) is 3.77. The van der Waals surface area contributed by atoms with E-state index in [2.05, 4.69) is 5.32 Å². The zero-order chi connectivity index (χ0) is 23.4. The number of hydrogen-bond acceptors (Lipinski definition) is 5. The molecule has 0 bridgehead atoms. The summed E-state index contributed by atoms with van der Waals surface area (Å²) in [5.41, 5.74) is 1.97. The molecule has 0 saturated heterocycles. The third-order valence-electron chi connectivity index (χ3n) is 5.13. The Morgan fingerprint density at radius 2 is 1.67 bits per heavy atom. The van der Waals surface area contributed by atoms with Gasteiger partial charge < -0.3 is 14.8 Å². The maximum absolute atomic E-state index is 13.5. The number of ether oxygens (including phenoxy) is 2. The molecule has 1 aliphatic heterocycles. The first-order valence-corrected chi connectivity index (χ1v) is 10.9. The van der Waals surface area contributed by atoms with Gasteiger partial charge in [-0.3, -0.25) is 9.59 Å². The van der Waals surface area contributed by atoms with Crippen molar-refractivity contribution >= 4 is 40.4 Å². The van der Waals surface area contributed by atoms with Crippen LogP contribution in [0.5, 0.6) is 11.5 Å². The van der Waals surface area contributed by atoms with Crippen LogP contribution in [0.15, 0.2) is 78.5 Å². The van der Waals surface area contributed by atoms with Crippen molar-refractivity contribution in [3.8, 4) is 11.5 Å². The molecular weight excluding hydrogens is 440 g/mol. The number of para-hydroxylation sites is 1. The van der Waals surface area contributed by atoms with E-state index in [0.717, 1.165) is 11.3 Å². The average Bonchev–Trinajstić information content (AvgIpc) is 3.07. The molecule has 2 amide bonds. The van der Waals surface area contributed by atoms with Gasteiger partial charge in [-0.25, -0.2) is 4.90 Å². The van der Waals surface area contributed by atoms with Crippen molar-refractivity contribution in [3.05, 3.63) is 89.1 Å². The number of halogens is 1. The van der Waals surface area contributed by atoms with Crippen LogP contribution in [0.4, 0.5) is 11.4 Å². The number of imide groups is 1. The number of nitrogens with zero attached hydrogens (tertiary/aromatic N) is 1. The van der Waals surface area contributed by atoms with E-state index in [9.17, 15) is 9.59 Å². The smallest absolute Gasteiger partial charge is 0.282 e. The van der Waals surface area contributed by atoms with Crippen molar-refractivity contribution in [2.24, 2.45) is 0 Å². The Labute approximate surface area is 197 Å². The van der Waals surface area contributed by atoms with Crippen molar-refractivity contribution < 1.29 is 19.1 Å². The van der Waals surface area contributed by atoms with Crippen LogP contribution in [-0.4, -0.2) is 25.5 Å². The zero-order valence-electron chi connectivity index (χ0n) is 18.3. The molecule has 3 aromatic rings. The fraction of sp³-hybridized carbons (Fsp3) is 0.154. The highest BCUT2D eigenvalue weighted by Gasteiger charge is 2.41. The SMILES string of the molecule is CCCOc1cccc(NC2=C(c3ccc(OC)cc3)C(=O)N(c3ccccc3Cl)C2=O)c1. The minimum absolute atomic E-state index is 0.165. The molecule has 0 aliphatic carbocycles. The van der Waals surface area contributed by atoms with Gasteiger partial charge in [-0.15, -0.1) is 0 Å². The lowest BCUT2D eigenvalue weighted by atomic mass is 10.0. The molecular formula is C26H23ClN2O4. The van der Waals surface area contributed by atoms with E-state index >= 15 is 0 Å². The highest BCUT2D eigenvalue weighted by atomic mass is 35.5. The Bertz CT molecular complexity index is 1220. The molecule has 0 aromatic heterocycles. The second kappa shape index (κ2) is 9.79. The van der Waals surface area contributed by atoms with Gasteiger partial charge in [-0.1, -0.05) is 48.9 Å². The quantitative estimate of drug-likeness (QED) is 0.445. The molecule has 0 atom stereocenters. The predicted molar refractivity (Wildman–Crippen MR) is 130 cm³/mol. The maximum atomic E-state index is 13.5. The summed E-state index contributed by atoms with van der Waals surface area (Å²) >= 11 is 6.33. The molecule has 0 spiro atoms. The molecule has 1 heterocycles. The van der Waals surface area contributed by atoms with E-state index in [4.69, 9.17) is 21.1 Å². The van der Waals surface area contributed by atoms with Gasteiger partial charge in [0.15, 0.2) is 0 Å². The summed E-state index contributed by atoms with van der Waals surface area (Å²) < 4.78 is 10.9. The summed E-state index contributed by atoms with van der Waals surface area (Å²) in [4.78, 5) is 28.1. The summed E-state index contributed by atoms with van der Waals surface area (Å²) in [6.45, 7) is 2.61. The summed E-state index contributed by atoms with van der Waals surface area (Å²) in [6, 6.07) is 21.0. The first kappa shape index (κ1) is 22.4. The summed E-state index contributed by atoms with van der Waals surface area (Å²) in [6.07, 6.45) is 0.879. The van der Waals surface area contributed by atoms with E-state index in [-0.39, 0.29) is 11.3 Å². The second-order valence-electron chi connectivity index (χ2n) is 7.38. The first-order chi connectivity index (χ1) is 16.0. The monoisotopic (exact) mass is 462 g/mol. The Morgan fingerprint density at radius 1 is 0.909 bits per heavy atom. The van der Waals surface area contributed by atoms with Crippen molar-refractivity contribution in [1.82, 2.24) is 0 Å². The Kier molecular flexibility index (Phi) is 6.66. The number of benzene rings is 3. The number of anilines is 2. The van der Waals surface area contributed by atoms with E-state index in [0.29, 0.717) is 40.1 Å². The highest BCUT2D eigenvalue weighted by molar-refractivity contribution is 6.48. The standard InChI is InChI=1S/C26H23ClN2O4/c1-3-15-33-20-8-6-7-18(16-20)28-24-23(17-11-13-19(32-2)14-12-17)25(30)29(26(24)31)22-10-5-4-9-21(22)27/h4-14,16,28H,3,15H2,1-2H3. The number of rotatable bonds is 8. The third-order valence-corrected chi connectivity index (χ3v) is 5.45. The van der Waals surface area contributed by atoms with E-state index < -0.39 is 11.8 Å². The normalized spacial score (nSPS) is 13.5. The van der Waals surface area contributed by atoms with Gasteiger partial charge in [-0.05, 0) is 48.4 Å². The van der Waals surface area contributed by atoms with Gasteiger partial charge in [-0.2, -0.15) is 0 Å². The maximum Gasteiger partial charge on any atom is 0.282 e. The molecule has 0 fully saturated rings. The summed E-state index contributed by atoms with van der Waals surface area (Å²) in [7, 11) is 1.57. The van der Waals surface area contributed by atoms with E-state index in [1.807, 2.05) is 25.1 Å². The first-order valence-electron chi connectivity index (χ1n) is 10.6. The van der Waals surface area contributed by atoms with Gasteiger partial charge in [0.2, 0.25) is 0 Å². The lowest BCUT2D eigenvalue weighted by Crippen LogP contribution is -2.32. The number of amides is 2.